The highest BCUT2D eigenvalue weighted by molar-refractivity contribution is 5.96. The van der Waals surface area contributed by atoms with Crippen molar-refractivity contribution in [3.63, 3.8) is 0 Å². The summed E-state index contributed by atoms with van der Waals surface area (Å²) in [6.07, 6.45) is 18.3. The molecule has 0 saturated heterocycles. The summed E-state index contributed by atoms with van der Waals surface area (Å²) in [5.41, 5.74) is 2.78. The lowest BCUT2D eigenvalue weighted by Gasteiger charge is -2.71. The maximum atomic E-state index is 13.7. The van der Waals surface area contributed by atoms with Gasteiger partial charge in [-0.05, 0) is 133 Å². The number of hydrogen-bond donors (Lipinski definition) is 2. The molecule has 1 aromatic carbocycles. The van der Waals surface area contributed by atoms with E-state index >= 15 is 0 Å². The SMILES string of the molecule is CC1(C)CC[C@]2(C=O)CC[C@]3(C)C(=CC[C@@H]4[C@@]5(C)CC[C@H](C(=O)/C=C/c6ccc(O)c(O)c6)C(C)(C)[C@@H]5CC[C@]43C)[C@@H]2C1. The summed E-state index contributed by atoms with van der Waals surface area (Å²) < 4.78 is 0. The van der Waals surface area contributed by atoms with Crippen molar-refractivity contribution < 1.29 is 19.8 Å². The molecule has 4 heteroatoms. The van der Waals surface area contributed by atoms with Gasteiger partial charge < -0.3 is 15.0 Å². The highest BCUT2D eigenvalue weighted by atomic mass is 16.3. The Morgan fingerprint density at radius 3 is 2.28 bits per heavy atom. The van der Waals surface area contributed by atoms with E-state index in [9.17, 15) is 19.8 Å². The van der Waals surface area contributed by atoms with Crippen molar-refractivity contribution >= 4 is 18.1 Å². The van der Waals surface area contributed by atoms with E-state index in [4.69, 9.17) is 0 Å². The molecule has 0 aromatic heterocycles. The predicted molar refractivity (Wildman–Crippen MR) is 172 cm³/mol. The van der Waals surface area contributed by atoms with Crippen LogP contribution in [0.5, 0.6) is 11.5 Å². The number of benzene rings is 1. The van der Waals surface area contributed by atoms with Crippen LogP contribution in [-0.2, 0) is 9.59 Å². The Morgan fingerprint density at radius 2 is 1.58 bits per heavy atom. The fourth-order valence-corrected chi connectivity index (χ4v) is 12.0. The minimum Gasteiger partial charge on any atom is -0.504 e. The average molecular weight is 587 g/mol. The second kappa shape index (κ2) is 9.82. The average Bonchev–Trinajstić information content (AvgIpc) is 2.93. The van der Waals surface area contributed by atoms with Crippen LogP contribution >= 0.6 is 0 Å². The van der Waals surface area contributed by atoms with Crippen LogP contribution in [0.1, 0.15) is 118 Å². The Bertz CT molecular complexity index is 1380. The maximum Gasteiger partial charge on any atom is 0.159 e. The number of ketones is 1. The van der Waals surface area contributed by atoms with Crippen LogP contribution in [0, 0.1) is 56.2 Å². The lowest BCUT2D eigenvalue weighted by atomic mass is 9.33. The summed E-state index contributed by atoms with van der Waals surface area (Å²) in [7, 11) is 0. The number of aldehydes is 1. The Hall–Kier alpha value is -2.36. The van der Waals surface area contributed by atoms with Gasteiger partial charge in [0.25, 0.3) is 0 Å². The van der Waals surface area contributed by atoms with Gasteiger partial charge in [-0.3, -0.25) is 4.79 Å². The zero-order valence-electron chi connectivity index (χ0n) is 27.6. The quantitative estimate of drug-likeness (QED) is 0.160. The first kappa shape index (κ1) is 30.7. The second-order valence-corrected chi connectivity index (χ2v) is 17.5. The number of carbonyl (C=O) groups excluding carboxylic acids is 2. The third kappa shape index (κ3) is 4.35. The number of fused-ring (bicyclic) bond motifs is 7. The number of allylic oxidation sites excluding steroid dienone is 3. The fourth-order valence-electron chi connectivity index (χ4n) is 12.0. The molecule has 1 aromatic rings. The number of carbonyl (C=O) groups is 2. The molecule has 0 heterocycles. The molecule has 5 aliphatic rings. The number of phenolic OH excluding ortho intramolecular Hbond substituents is 2. The van der Waals surface area contributed by atoms with Gasteiger partial charge in [-0.1, -0.05) is 72.3 Å². The Labute approximate surface area is 259 Å². The van der Waals surface area contributed by atoms with Crippen LogP contribution in [-0.4, -0.2) is 22.3 Å². The molecule has 4 nitrogen and oxygen atoms in total. The predicted octanol–water partition coefficient (Wildman–Crippen LogP) is 9.30. The van der Waals surface area contributed by atoms with Crippen LogP contribution in [0.15, 0.2) is 35.9 Å². The van der Waals surface area contributed by atoms with Gasteiger partial charge in [0.1, 0.15) is 6.29 Å². The van der Waals surface area contributed by atoms with Gasteiger partial charge in [-0.2, -0.15) is 0 Å². The molecule has 0 amide bonds. The monoisotopic (exact) mass is 586 g/mol. The van der Waals surface area contributed by atoms with E-state index in [0.717, 1.165) is 57.8 Å². The largest absolute Gasteiger partial charge is 0.504 e. The fraction of sp³-hybridized carbons (Fsp3) is 0.692. The molecule has 4 saturated carbocycles. The molecule has 0 bridgehead atoms. The van der Waals surface area contributed by atoms with E-state index in [-0.39, 0.29) is 55.7 Å². The molecule has 0 unspecified atom stereocenters. The molecule has 234 valence electrons. The minimum absolute atomic E-state index is 0.0328. The first-order valence-electron chi connectivity index (χ1n) is 16.9. The Morgan fingerprint density at radius 1 is 0.860 bits per heavy atom. The molecule has 2 N–H and O–H groups in total. The van der Waals surface area contributed by atoms with Crippen LogP contribution in [0.25, 0.3) is 6.08 Å². The Balaban J connectivity index is 1.29. The maximum absolute atomic E-state index is 13.7. The minimum atomic E-state index is -0.172. The molecule has 4 fully saturated rings. The standard InChI is InChI=1S/C39H54O4/c1-34(2)18-20-39(24-40)21-19-37(6)26(28(39)23-34)10-13-33-36(5)16-14-27(35(3,4)32(36)15-17-38(33,37)7)29(41)11-8-25-9-12-30(42)31(43)22-25/h8-12,22,24,27-28,32-33,42-43H,13-21,23H2,1-7H3/b11-8+/t27-,28+,32+,33-,36+,37-,38-,39-/m1/s1. The normalized spacial score (nSPS) is 43.0. The van der Waals surface area contributed by atoms with Gasteiger partial charge in [0.05, 0.1) is 0 Å². The van der Waals surface area contributed by atoms with Gasteiger partial charge >= 0.3 is 0 Å². The van der Waals surface area contributed by atoms with Crippen molar-refractivity contribution in [1.82, 2.24) is 0 Å². The van der Waals surface area contributed by atoms with E-state index in [0.29, 0.717) is 23.3 Å². The third-order valence-corrected chi connectivity index (χ3v) is 14.8. The smallest absolute Gasteiger partial charge is 0.159 e. The van der Waals surface area contributed by atoms with Crippen molar-refractivity contribution in [2.24, 2.45) is 56.2 Å². The third-order valence-electron chi connectivity index (χ3n) is 14.8. The van der Waals surface area contributed by atoms with Gasteiger partial charge in [0, 0.05) is 11.3 Å². The summed E-state index contributed by atoms with van der Waals surface area (Å²) in [6.45, 7) is 17.2. The summed E-state index contributed by atoms with van der Waals surface area (Å²) in [4.78, 5) is 26.5. The van der Waals surface area contributed by atoms with Crippen molar-refractivity contribution in [2.75, 3.05) is 0 Å². The van der Waals surface area contributed by atoms with Crippen molar-refractivity contribution in [2.45, 2.75) is 113 Å². The van der Waals surface area contributed by atoms with Crippen LogP contribution in [0.4, 0.5) is 0 Å². The molecular formula is C39H54O4. The molecule has 0 aliphatic heterocycles. The Kier molecular flexibility index (Phi) is 7.00. The second-order valence-electron chi connectivity index (χ2n) is 17.5. The molecule has 0 spiro atoms. The van der Waals surface area contributed by atoms with Crippen LogP contribution in [0.2, 0.25) is 0 Å². The van der Waals surface area contributed by atoms with Gasteiger partial charge in [0.15, 0.2) is 17.3 Å². The topological polar surface area (TPSA) is 74.6 Å². The zero-order chi connectivity index (χ0) is 31.2. The number of aromatic hydroxyl groups is 2. The van der Waals surface area contributed by atoms with E-state index in [1.807, 2.05) is 0 Å². The summed E-state index contributed by atoms with van der Waals surface area (Å²) in [5.74, 6) is 1.22. The van der Waals surface area contributed by atoms with E-state index < -0.39 is 0 Å². The molecular weight excluding hydrogens is 532 g/mol. The van der Waals surface area contributed by atoms with Gasteiger partial charge in [-0.15, -0.1) is 0 Å². The van der Waals surface area contributed by atoms with Crippen molar-refractivity contribution in [1.29, 1.82) is 0 Å². The highest BCUT2D eigenvalue weighted by Gasteiger charge is 2.68. The molecule has 8 atom stereocenters. The summed E-state index contributed by atoms with van der Waals surface area (Å²) in [5, 5.41) is 19.5. The zero-order valence-corrected chi connectivity index (χ0v) is 27.6. The van der Waals surface area contributed by atoms with Gasteiger partial charge in [-0.25, -0.2) is 0 Å². The van der Waals surface area contributed by atoms with E-state index in [1.54, 1.807) is 23.8 Å². The van der Waals surface area contributed by atoms with Crippen LogP contribution in [0.3, 0.4) is 0 Å². The molecule has 6 rings (SSSR count). The lowest BCUT2D eigenvalue weighted by Crippen LogP contribution is -2.64. The number of phenols is 2. The van der Waals surface area contributed by atoms with Crippen LogP contribution < -0.4 is 0 Å². The molecule has 5 aliphatic carbocycles. The summed E-state index contributed by atoms with van der Waals surface area (Å²) in [6, 6.07) is 4.67. The summed E-state index contributed by atoms with van der Waals surface area (Å²) >= 11 is 0. The van der Waals surface area contributed by atoms with E-state index in [2.05, 4.69) is 54.5 Å². The highest BCUT2D eigenvalue weighted by Crippen LogP contribution is 2.76. The first-order valence-corrected chi connectivity index (χ1v) is 16.9. The van der Waals surface area contributed by atoms with E-state index in [1.165, 1.54) is 24.8 Å². The lowest BCUT2D eigenvalue weighted by molar-refractivity contribution is -0.192. The van der Waals surface area contributed by atoms with Crippen molar-refractivity contribution in [3.8, 4) is 11.5 Å². The first-order chi connectivity index (χ1) is 20.0. The number of rotatable bonds is 4. The number of hydrogen-bond acceptors (Lipinski definition) is 4. The molecule has 0 radical (unpaired) electrons. The van der Waals surface area contributed by atoms with Crippen molar-refractivity contribution in [3.05, 3.63) is 41.5 Å². The van der Waals surface area contributed by atoms with Gasteiger partial charge in [0.2, 0.25) is 0 Å². The molecule has 43 heavy (non-hydrogen) atoms.